The molecule has 4 rings (SSSR count). The third kappa shape index (κ3) is 3.10. The number of carbonyl (C=O) groups excluding carboxylic acids is 1. The largest absolute Gasteiger partial charge is 0.454 e. The first-order valence-electron chi connectivity index (χ1n) is 8.74. The number of ether oxygens (including phenoxy) is 2. The van der Waals surface area contributed by atoms with Gasteiger partial charge >= 0.3 is 0 Å². The summed E-state index contributed by atoms with van der Waals surface area (Å²) in [5, 5.41) is 2.95. The summed E-state index contributed by atoms with van der Waals surface area (Å²) in [7, 11) is 0. The number of hydrogen-bond donors (Lipinski definition) is 1. The molecule has 3 aromatic rings. The van der Waals surface area contributed by atoms with Crippen molar-refractivity contribution in [2.24, 2.45) is 5.92 Å². The number of nitrogens with zero attached hydrogens (tertiary/aromatic N) is 2. The highest BCUT2D eigenvalue weighted by atomic mass is 16.7. The van der Waals surface area contributed by atoms with Gasteiger partial charge in [-0.3, -0.25) is 4.79 Å². The molecule has 1 amide bonds. The maximum atomic E-state index is 12.7. The fourth-order valence-electron chi connectivity index (χ4n) is 3.09. The minimum absolute atomic E-state index is 0.179. The smallest absolute Gasteiger partial charge is 0.272 e. The number of fused-ring (bicyclic) bond motifs is 2. The summed E-state index contributed by atoms with van der Waals surface area (Å²) in [6, 6.07) is 11.5. The number of hydrogen-bond acceptors (Lipinski definition) is 4. The fraction of sp³-hybridized carbons (Fsp3) is 0.300. The first kappa shape index (κ1) is 16.4. The average Bonchev–Trinajstić information content (AvgIpc) is 3.24. The van der Waals surface area contributed by atoms with Crippen LogP contribution in [0.15, 0.2) is 42.6 Å². The van der Waals surface area contributed by atoms with Crippen molar-refractivity contribution < 1.29 is 14.3 Å². The van der Waals surface area contributed by atoms with E-state index in [-0.39, 0.29) is 12.7 Å². The molecule has 1 aliphatic heterocycles. The number of amides is 1. The summed E-state index contributed by atoms with van der Waals surface area (Å²) >= 11 is 0. The number of imidazole rings is 1. The molecule has 1 aliphatic rings. The van der Waals surface area contributed by atoms with Gasteiger partial charge in [0.1, 0.15) is 5.82 Å². The predicted molar refractivity (Wildman–Crippen MR) is 97.5 cm³/mol. The Bertz CT molecular complexity index is 962. The van der Waals surface area contributed by atoms with Crippen molar-refractivity contribution in [3.05, 3.63) is 59.7 Å². The standard InChI is InChI=1S/C20H21N3O3/c1-13(2)9-18-22-19(15-5-3-4-8-23(15)18)20(24)21-11-14-6-7-16-17(10-14)26-12-25-16/h3-8,10,13H,9,11-12H2,1-2H3,(H,21,24). The molecule has 6 nitrogen and oxygen atoms in total. The molecule has 0 fully saturated rings. The monoisotopic (exact) mass is 351 g/mol. The van der Waals surface area contributed by atoms with Crippen LogP contribution in [0.2, 0.25) is 0 Å². The molecule has 2 aromatic heterocycles. The van der Waals surface area contributed by atoms with E-state index in [0.717, 1.165) is 29.1 Å². The first-order valence-corrected chi connectivity index (χ1v) is 8.74. The van der Waals surface area contributed by atoms with Crippen LogP contribution in [0.25, 0.3) is 5.52 Å². The van der Waals surface area contributed by atoms with Crippen molar-refractivity contribution in [3.8, 4) is 11.5 Å². The molecule has 0 aliphatic carbocycles. The number of carbonyl (C=O) groups is 1. The van der Waals surface area contributed by atoms with Gasteiger partial charge in [-0.05, 0) is 35.7 Å². The molecule has 0 radical (unpaired) electrons. The molecule has 134 valence electrons. The van der Waals surface area contributed by atoms with E-state index in [1.165, 1.54) is 0 Å². The van der Waals surface area contributed by atoms with Crippen LogP contribution < -0.4 is 14.8 Å². The Labute approximate surface area is 151 Å². The van der Waals surface area contributed by atoms with Crippen LogP contribution in [0.1, 0.15) is 35.7 Å². The van der Waals surface area contributed by atoms with Crippen LogP contribution in [0.4, 0.5) is 0 Å². The van der Waals surface area contributed by atoms with E-state index < -0.39 is 0 Å². The van der Waals surface area contributed by atoms with Crippen molar-refractivity contribution >= 4 is 11.4 Å². The van der Waals surface area contributed by atoms with E-state index in [1.54, 1.807) is 0 Å². The Morgan fingerprint density at radius 1 is 1.23 bits per heavy atom. The highest BCUT2D eigenvalue weighted by Gasteiger charge is 2.18. The molecule has 0 bridgehead atoms. The molecule has 0 unspecified atom stereocenters. The quantitative estimate of drug-likeness (QED) is 0.767. The minimum Gasteiger partial charge on any atom is -0.454 e. The van der Waals surface area contributed by atoms with Crippen LogP contribution in [-0.4, -0.2) is 22.1 Å². The Balaban J connectivity index is 1.54. The SMILES string of the molecule is CC(C)Cc1nc(C(=O)NCc2ccc3c(c2)OCO3)c2ccccn12. The summed E-state index contributed by atoms with van der Waals surface area (Å²) in [5.74, 6) is 2.64. The third-order valence-electron chi connectivity index (χ3n) is 4.32. The molecule has 0 atom stereocenters. The van der Waals surface area contributed by atoms with Crippen molar-refractivity contribution in [1.29, 1.82) is 0 Å². The van der Waals surface area contributed by atoms with E-state index in [0.29, 0.717) is 23.9 Å². The molecule has 3 heterocycles. The lowest BCUT2D eigenvalue weighted by Gasteiger charge is -2.05. The van der Waals surface area contributed by atoms with Crippen LogP contribution >= 0.6 is 0 Å². The van der Waals surface area contributed by atoms with Crippen LogP contribution in [0.5, 0.6) is 11.5 Å². The van der Waals surface area contributed by atoms with Gasteiger partial charge in [-0.15, -0.1) is 0 Å². The van der Waals surface area contributed by atoms with Gasteiger partial charge in [-0.1, -0.05) is 26.0 Å². The second-order valence-corrected chi connectivity index (χ2v) is 6.80. The Morgan fingerprint density at radius 2 is 2.08 bits per heavy atom. The third-order valence-corrected chi connectivity index (χ3v) is 4.32. The molecular formula is C20H21N3O3. The van der Waals surface area contributed by atoms with Crippen molar-refractivity contribution in [2.75, 3.05) is 6.79 Å². The summed E-state index contributed by atoms with van der Waals surface area (Å²) in [4.78, 5) is 17.3. The maximum absolute atomic E-state index is 12.7. The Hall–Kier alpha value is -3.02. The summed E-state index contributed by atoms with van der Waals surface area (Å²) < 4.78 is 12.7. The van der Waals surface area contributed by atoms with Crippen LogP contribution in [0.3, 0.4) is 0 Å². The summed E-state index contributed by atoms with van der Waals surface area (Å²) in [5.41, 5.74) is 2.24. The normalized spacial score (nSPS) is 12.7. The lowest BCUT2D eigenvalue weighted by atomic mass is 10.1. The van der Waals surface area contributed by atoms with Crippen LogP contribution in [-0.2, 0) is 13.0 Å². The lowest BCUT2D eigenvalue weighted by molar-refractivity contribution is 0.0948. The highest BCUT2D eigenvalue weighted by Crippen LogP contribution is 2.32. The van der Waals surface area contributed by atoms with E-state index in [2.05, 4.69) is 24.1 Å². The minimum atomic E-state index is -0.179. The number of benzene rings is 1. The predicted octanol–water partition coefficient (Wildman–Crippen LogP) is 3.19. The Morgan fingerprint density at radius 3 is 2.92 bits per heavy atom. The zero-order valence-corrected chi connectivity index (χ0v) is 14.9. The van der Waals surface area contributed by atoms with Gasteiger partial charge in [0.15, 0.2) is 17.2 Å². The summed E-state index contributed by atoms with van der Waals surface area (Å²) in [6.45, 7) is 4.93. The topological polar surface area (TPSA) is 64.9 Å². The van der Waals surface area contributed by atoms with Gasteiger partial charge in [-0.2, -0.15) is 0 Å². The van der Waals surface area contributed by atoms with Crippen molar-refractivity contribution in [1.82, 2.24) is 14.7 Å². The van der Waals surface area contributed by atoms with E-state index >= 15 is 0 Å². The first-order chi connectivity index (χ1) is 12.6. The molecule has 6 heteroatoms. The van der Waals surface area contributed by atoms with Gasteiger partial charge in [0.25, 0.3) is 5.91 Å². The van der Waals surface area contributed by atoms with Gasteiger partial charge in [0.05, 0.1) is 5.52 Å². The second-order valence-electron chi connectivity index (χ2n) is 6.80. The molecule has 0 spiro atoms. The maximum Gasteiger partial charge on any atom is 0.272 e. The van der Waals surface area contributed by atoms with E-state index in [9.17, 15) is 4.79 Å². The number of aromatic nitrogens is 2. The fourth-order valence-corrected chi connectivity index (χ4v) is 3.09. The van der Waals surface area contributed by atoms with Gasteiger partial charge < -0.3 is 19.2 Å². The number of rotatable bonds is 5. The molecule has 1 N–H and O–H groups in total. The molecule has 1 aromatic carbocycles. The van der Waals surface area contributed by atoms with Crippen LogP contribution in [0, 0.1) is 5.92 Å². The van der Waals surface area contributed by atoms with Crippen molar-refractivity contribution in [3.63, 3.8) is 0 Å². The number of pyridine rings is 1. The van der Waals surface area contributed by atoms with E-state index in [4.69, 9.17) is 9.47 Å². The highest BCUT2D eigenvalue weighted by molar-refractivity contribution is 5.99. The van der Waals surface area contributed by atoms with Gasteiger partial charge in [-0.25, -0.2) is 4.98 Å². The molecular weight excluding hydrogens is 330 g/mol. The zero-order valence-electron chi connectivity index (χ0n) is 14.9. The Kier molecular flexibility index (Phi) is 4.24. The number of nitrogens with one attached hydrogen (secondary N) is 1. The molecule has 26 heavy (non-hydrogen) atoms. The summed E-state index contributed by atoms with van der Waals surface area (Å²) in [6.07, 6.45) is 2.77. The van der Waals surface area contributed by atoms with E-state index in [1.807, 2.05) is 47.0 Å². The lowest BCUT2D eigenvalue weighted by Crippen LogP contribution is -2.23. The van der Waals surface area contributed by atoms with Gasteiger partial charge in [0.2, 0.25) is 6.79 Å². The second kappa shape index (κ2) is 6.71. The van der Waals surface area contributed by atoms with Crippen molar-refractivity contribution in [2.45, 2.75) is 26.8 Å². The average molecular weight is 351 g/mol. The zero-order chi connectivity index (χ0) is 18.1. The molecule has 0 saturated heterocycles. The van der Waals surface area contributed by atoms with Gasteiger partial charge in [0, 0.05) is 19.2 Å². The molecule has 0 saturated carbocycles.